The van der Waals surface area contributed by atoms with Gasteiger partial charge in [-0.1, -0.05) is 147 Å². The molecule has 1 rings (SSSR count). The lowest BCUT2D eigenvalue weighted by Crippen LogP contribution is -2.47. The van der Waals surface area contributed by atoms with Crippen LogP contribution in [-0.4, -0.2) is 99.0 Å². The smallest absolute Gasteiger partial charge is 0.305 e. The molecule has 0 aromatic rings. The van der Waals surface area contributed by atoms with E-state index in [9.17, 15) is 14.7 Å². The van der Waals surface area contributed by atoms with E-state index < -0.39 is 0 Å². The van der Waals surface area contributed by atoms with Crippen molar-refractivity contribution in [2.45, 2.75) is 245 Å². The number of ether oxygens (including phenoxy) is 2. The molecule has 63 heavy (non-hydrogen) atoms. The van der Waals surface area contributed by atoms with Crippen LogP contribution in [0.4, 0.5) is 0 Å². The first-order chi connectivity index (χ1) is 31.0. The highest BCUT2D eigenvalue weighted by molar-refractivity contribution is 5.69. The maximum Gasteiger partial charge on any atom is 0.305 e. The average molecular weight is 888 g/mol. The summed E-state index contributed by atoms with van der Waals surface area (Å²) in [5.41, 5.74) is 0. The van der Waals surface area contributed by atoms with E-state index in [1.165, 1.54) is 141 Å². The number of rotatable bonds is 47. The van der Waals surface area contributed by atoms with E-state index in [2.05, 4.69) is 60.3 Å². The fraction of sp³-hybridized carbons (Fsp3) is 0.891. The zero-order valence-corrected chi connectivity index (χ0v) is 42.1. The first-order valence-electron chi connectivity index (χ1n) is 27.4. The summed E-state index contributed by atoms with van der Waals surface area (Å²) in [4.78, 5) is 29.5. The molecule has 0 aromatic carbocycles. The Kier molecular flexibility index (Phi) is 44.0. The standard InChI is InChI=1S/C55H105N3O5/c1-4-6-8-10-12-14-16-18-20-22-24-26-28-30-34-41-54(60)62-49-37-32-33-40-53(59)52(51-56-43-44-58-47-45-57(3)46-48-58)39-36-38-50-63-55(61)42-35-31-29-27-25-23-21-19-17-15-13-11-9-7-5-2/h18-21,52-53,56,59H,4-17,22-51H2,1-3H3/b20-18-,21-19-. The summed E-state index contributed by atoms with van der Waals surface area (Å²) in [5.74, 6) is 0.0425. The number of nitrogens with one attached hydrogen (secondary N) is 1. The van der Waals surface area contributed by atoms with Gasteiger partial charge in [0.05, 0.1) is 19.3 Å². The van der Waals surface area contributed by atoms with E-state index in [0.717, 1.165) is 116 Å². The lowest BCUT2D eigenvalue weighted by atomic mass is 9.92. The summed E-state index contributed by atoms with van der Waals surface area (Å²) in [6, 6.07) is 0. The highest BCUT2D eigenvalue weighted by Crippen LogP contribution is 2.19. The summed E-state index contributed by atoms with van der Waals surface area (Å²) in [7, 11) is 2.19. The van der Waals surface area contributed by atoms with E-state index in [-0.39, 0.29) is 24.0 Å². The van der Waals surface area contributed by atoms with Crippen molar-refractivity contribution < 1.29 is 24.2 Å². The summed E-state index contributed by atoms with van der Waals surface area (Å²) in [5, 5.41) is 14.9. The Bertz CT molecular complexity index is 1050. The van der Waals surface area contributed by atoms with Gasteiger partial charge in [-0.25, -0.2) is 0 Å². The van der Waals surface area contributed by atoms with Gasteiger partial charge in [0.15, 0.2) is 0 Å². The molecule has 0 bridgehead atoms. The van der Waals surface area contributed by atoms with Crippen molar-refractivity contribution in [2.75, 3.05) is 66.1 Å². The minimum absolute atomic E-state index is 0.0656. The molecular formula is C55H105N3O5. The van der Waals surface area contributed by atoms with Crippen LogP contribution in [0.15, 0.2) is 24.3 Å². The van der Waals surface area contributed by atoms with Crippen molar-refractivity contribution in [3.63, 3.8) is 0 Å². The monoisotopic (exact) mass is 888 g/mol. The van der Waals surface area contributed by atoms with Crippen molar-refractivity contribution in [3.8, 4) is 0 Å². The maximum absolute atomic E-state index is 12.4. The number of aliphatic hydroxyl groups excluding tert-OH is 1. The van der Waals surface area contributed by atoms with Crippen LogP contribution in [-0.2, 0) is 19.1 Å². The van der Waals surface area contributed by atoms with E-state index >= 15 is 0 Å². The quantitative estimate of drug-likeness (QED) is 0.0355. The molecule has 370 valence electrons. The zero-order chi connectivity index (χ0) is 45.5. The van der Waals surface area contributed by atoms with Crippen LogP contribution in [0.25, 0.3) is 0 Å². The van der Waals surface area contributed by atoms with Crippen molar-refractivity contribution in [1.82, 2.24) is 15.1 Å². The number of piperazine rings is 1. The highest BCUT2D eigenvalue weighted by Gasteiger charge is 2.19. The predicted molar refractivity (Wildman–Crippen MR) is 269 cm³/mol. The number of unbranched alkanes of at least 4 members (excludes halogenated alkanes) is 25. The molecule has 0 radical (unpaired) electrons. The van der Waals surface area contributed by atoms with Gasteiger partial charge < -0.3 is 24.8 Å². The lowest BCUT2D eigenvalue weighted by molar-refractivity contribution is -0.144. The number of esters is 2. The first kappa shape index (κ1) is 59.3. The van der Waals surface area contributed by atoms with Crippen molar-refractivity contribution in [1.29, 1.82) is 0 Å². The second kappa shape index (κ2) is 46.8. The predicted octanol–water partition coefficient (Wildman–Crippen LogP) is 13.7. The normalized spacial score (nSPS) is 14.9. The molecule has 0 spiro atoms. The number of aliphatic hydroxyl groups is 1. The third-order valence-electron chi connectivity index (χ3n) is 13.1. The largest absolute Gasteiger partial charge is 0.466 e. The molecule has 1 saturated heterocycles. The van der Waals surface area contributed by atoms with Gasteiger partial charge in [-0.3, -0.25) is 14.5 Å². The summed E-state index contributed by atoms with van der Waals surface area (Å²) < 4.78 is 11.1. The van der Waals surface area contributed by atoms with Gasteiger partial charge in [0, 0.05) is 58.7 Å². The fourth-order valence-corrected chi connectivity index (χ4v) is 8.60. The third-order valence-corrected chi connectivity index (χ3v) is 13.1. The van der Waals surface area contributed by atoms with E-state index in [4.69, 9.17) is 9.47 Å². The van der Waals surface area contributed by atoms with E-state index in [1.54, 1.807) is 0 Å². The molecule has 8 nitrogen and oxygen atoms in total. The number of hydrogen-bond donors (Lipinski definition) is 2. The number of nitrogens with zero attached hydrogens (tertiary/aromatic N) is 2. The molecule has 0 amide bonds. The molecule has 1 fully saturated rings. The Balaban J connectivity index is 2.15. The topological polar surface area (TPSA) is 91.3 Å². The molecule has 1 aliphatic heterocycles. The van der Waals surface area contributed by atoms with Gasteiger partial charge in [0.1, 0.15) is 0 Å². The van der Waals surface area contributed by atoms with Crippen LogP contribution in [0.1, 0.15) is 239 Å². The lowest BCUT2D eigenvalue weighted by Gasteiger charge is -2.32. The maximum atomic E-state index is 12.4. The fourth-order valence-electron chi connectivity index (χ4n) is 8.60. The molecule has 2 N–H and O–H groups in total. The molecule has 1 heterocycles. The van der Waals surface area contributed by atoms with Gasteiger partial charge in [0.2, 0.25) is 0 Å². The third kappa shape index (κ3) is 41.4. The Labute approximate surface area is 390 Å². The molecule has 0 aromatic heterocycles. The number of carbonyl (C=O) groups is 2. The zero-order valence-electron chi connectivity index (χ0n) is 42.1. The molecule has 0 aliphatic carbocycles. The van der Waals surface area contributed by atoms with Crippen LogP contribution >= 0.6 is 0 Å². The average Bonchev–Trinajstić information content (AvgIpc) is 3.28. The SMILES string of the molecule is CCCCCCCC/C=C\CCCCCCCC(=O)OCCCCCC(O)C(CCCCOC(=O)CCCCCCC/C=C\CCCCCCCC)CNCCN1CCN(C)CC1. The Hall–Kier alpha value is -1.74. The van der Waals surface area contributed by atoms with Gasteiger partial charge in [0.25, 0.3) is 0 Å². The summed E-state index contributed by atoms with van der Waals surface area (Å²) >= 11 is 0. The van der Waals surface area contributed by atoms with Crippen LogP contribution in [0.3, 0.4) is 0 Å². The molecular weight excluding hydrogens is 783 g/mol. The Morgan fingerprint density at radius 1 is 0.524 bits per heavy atom. The van der Waals surface area contributed by atoms with Gasteiger partial charge in [-0.15, -0.1) is 0 Å². The van der Waals surface area contributed by atoms with Gasteiger partial charge >= 0.3 is 11.9 Å². The molecule has 1 aliphatic rings. The van der Waals surface area contributed by atoms with E-state index in [0.29, 0.717) is 26.1 Å². The minimum atomic E-state index is -0.367. The number of allylic oxidation sites excluding steroid dienone is 4. The van der Waals surface area contributed by atoms with E-state index in [1.807, 2.05) is 0 Å². The molecule has 0 saturated carbocycles. The van der Waals surface area contributed by atoms with Crippen LogP contribution in [0.2, 0.25) is 0 Å². The summed E-state index contributed by atoms with van der Waals surface area (Å²) in [6.07, 6.45) is 48.9. The van der Waals surface area contributed by atoms with Crippen LogP contribution < -0.4 is 5.32 Å². The first-order valence-corrected chi connectivity index (χ1v) is 27.4. The van der Waals surface area contributed by atoms with Gasteiger partial charge in [-0.2, -0.15) is 0 Å². The number of likely N-dealkylation sites (N-methyl/N-ethyl adjacent to an activating group) is 1. The Morgan fingerprint density at radius 3 is 1.40 bits per heavy atom. The summed E-state index contributed by atoms with van der Waals surface area (Å²) in [6.45, 7) is 12.8. The molecule has 8 heteroatoms. The second-order valence-electron chi connectivity index (χ2n) is 19.1. The number of carbonyl (C=O) groups excluding carboxylic acids is 2. The highest BCUT2D eigenvalue weighted by atomic mass is 16.5. The van der Waals surface area contributed by atoms with Crippen molar-refractivity contribution in [3.05, 3.63) is 24.3 Å². The van der Waals surface area contributed by atoms with Crippen molar-refractivity contribution >= 4 is 11.9 Å². The molecule has 2 unspecified atom stereocenters. The minimum Gasteiger partial charge on any atom is -0.466 e. The second-order valence-corrected chi connectivity index (χ2v) is 19.1. The van der Waals surface area contributed by atoms with Crippen LogP contribution in [0, 0.1) is 5.92 Å². The van der Waals surface area contributed by atoms with Gasteiger partial charge in [-0.05, 0) is 116 Å². The Morgan fingerprint density at radius 2 is 0.921 bits per heavy atom. The van der Waals surface area contributed by atoms with Crippen molar-refractivity contribution in [2.24, 2.45) is 5.92 Å². The number of hydrogen-bond acceptors (Lipinski definition) is 8. The molecule has 2 atom stereocenters. The van der Waals surface area contributed by atoms with Crippen LogP contribution in [0.5, 0.6) is 0 Å².